The monoisotopic (exact) mass is 529 g/mol. The van der Waals surface area contributed by atoms with Gasteiger partial charge in [0.1, 0.15) is 17.0 Å². The standard InChI is InChI=1S/C32H43N5O2/c1-22-5-2-3-10-36(22)24-8-11-35(12-9-24)29(39)25-16-37-26(6-4-7-27(37)34-25)28(38)33-21-32-15-23-13-30(19-32)17-31(14-23,18-30)20-32/h4,6-7,16,22-24H,2-3,5,8-15,17-21H2,1H3,(H,33,38). The minimum absolute atomic E-state index is 0.0125. The first-order valence-corrected chi connectivity index (χ1v) is 15.7. The fourth-order valence-corrected chi connectivity index (χ4v) is 11.2. The minimum Gasteiger partial charge on any atom is -0.350 e. The second-order valence-electron chi connectivity index (χ2n) is 14.7. The van der Waals surface area contributed by atoms with E-state index in [0.29, 0.717) is 45.4 Å². The van der Waals surface area contributed by atoms with Gasteiger partial charge in [-0.2, -0.15) is 0 Å². The number of carbonyl (C=O) groups is 2. The summed E-state index contributed by atoms with van der Waals surface area (Å²) in [5, 5.41) is 3.34. The van der Waals surface area contributed by atoms with Crippen LogP contribution in [0.4, 0.5) is 0 Å². The van der Waals surface area contributed by atoms with Gasteiger partial charge < -0.3 is 10.2 Å². The number of hydrogen-bond acceptors (Lipinski definition) is 4. The first-order valence-electron chi connectivity index (χ1n) is 15.7. The van der Waals surface area contributed by atoms with Gasteiger partial charge in [0.15, 0.2) is 0 Å². The molecule has 4 bridgehead atoms. The van der Waals surface area contributed by atoms with Crippen molar-refractivity contribution in [1.82, 2.24) is 24.5 Å². The molecule has 4 heterocycles. The molecule has 11 rings (SSSR count). The molecule has 7 aliphatic carbocycles. The van der Waals surface area contributed by atoms with Gasteiger partial charge in [0.05, 0.1) is 0 Å². The highest BCUT2D eigenvalue weighted by Crippen LogP contribution is 2.80. The van der Waals surface area contributed by atoms with Gasteiger partial charge in [-0.25, -0.2) is 4.98 Å². The molecule has 2 saturated heterocycles. The molecule has 0 radical (unpaired) electrons. The van der Waals surface area contributed by atoms with Crippen molar-refractivity contribution in [3.05, 3.63) is 35.8 Å². The summed E-state index contributed by atoms with van der Waals surface area (Å²) < 4.78 is 1.82. The quantitative estimate of drug-likeness (QED) is 0.598. The van der Waals surface area contributed by atoms with Gasteiger partial charge in [0, 0.05) is 37.9 Å². The van der Waals surface area contributed by atoms with E-state index in [-0.39, 0.29) is 11.8 Å². The van der Waals surface area contributed by atoms with Crippen LogP contribution < -0.4 is 5.32 Å². The number of pyridine rings is 1. The van der Waals surface area contributed by atoms with Crippen LogP contribution in [0.1, 0.15) is 105 Å². The molecule has 9 fully saturated rings. The normalized spacial score (nSPS) is 37.7. The zero-order valence-corrected chi connectivity index (χ0v) is 23.5. The molecular formula is C32H43N5O2. The second kappa shape index (κ2) is 8.55. The van der Waals surface area contributed by atoms with Gasteiger partial charge in [-0.15, -0.1) is 0 Å². The van der Waals surface area contributed by atoms with Crippen molar-refractivity contribution in [1.29, 1.82) is 0 Å². The maximum atomic E-state index is 13.5. The second-order valence-corrected chi connectivity index (χ2v) is 14.7. The van der Waals surface area contributed by atoms with Crippen molar-refractivity contribution >= 4 is 17.5 Å². The van der Waals surface area contributed by atoms with Crippen molar-refractivity contribution in [3.63, 3.8) is 0 Å². The third-order valence-electron chi connectivity index (χ3n) is 11.8. The van der Waals surface area contributed by atoms with E-state index in [4.69, 9.17) is 0 Å². The first-order chi connectivity index (χ1) is 18.8. The van der Waals surface area contributed by atoms with E-state index in [1.54, 1.807) is 6.20 Å². The Bertz CT molecular complexity index is 1290. The van der Waals surface area contributed by atoms with Crippen LogP contribution in [0, 0.1) is 22.2 Å². The number of carbonyl (C=O) groups excluding carboxylic acids is 2. The van der Waals surface area contributed by atoms with Crippen molar-refractivity contribution in [2.75, 3.05) is 26.2 Å². The average molecular weight is 530 g/mol. The van der Waals surface area contributed by atoms with Gasteiger partial charge in [-0.3, -0.25) is 18.9 Å². The van der Waals surface area contributed by atoms with E-state index < -0.39 is 0 Å². The Labute approximate surface area is 231 Å². The Morgan fingerprint density at radius 1 is 0.974 bits per heavy atom. The van der Waals surface area contributed by atoms with E-state index in [1.165, 1.54) is 70.8 Å². The van der Waals surface area contributed by atoms with E-state index in [1.807, 2.05) is 27.5 Å². The number of fused-ring (bicyclic) bond motifs is 1. The molecule has 1 N–H and O–H groups in total. The summed E-state index contributed by atoms with van der Waals surface area (Å²) in [6.45, 7) is 5.89. The van der Waals surface area contributed by atoms with Crippen LogP contribution >= 0.6 is 0 Å². The van der Waals surface area contributed by atoms with Gasteiger partial charge in [-0.1, -0.05) is 12.5 Å². The molecule has 7 nitrogen and oxygen atoms in total. The average Bonchev–Trinajstić information content (AvgIpc) is 3.35. The third kappa shape index (κ3) is 3.89. The Kier molecular flexibility index (Phi) is 5.34. The zero-order valence-electron chi connectivity index (χ0n) is 23.5. The van der Waals surface area contributed by atoms with Crippen LogP contribution in [0.2, 0.25) is 0 Å². The SMILES string of the molecule is CC1CCCCN1C1CCN(C(=O)c2cn3c(C(=O)NCC45CC6CC7(C4)CC(C6)(C5)C7)cccc3n2)CC1. The highest BCUT2D eigenvalue weighted by atomic mass is 16.2. The summed E-state index contributed by atoms with van der Waals surface area (Å²) in [7, 11) is 0. The summed E-state index contributed by atoms with van der Waals surface area (Å²) in [5.74, 6) is 0.820. The maximum absolute atomic E-state index is 13.5. The predicted octanol–water partition coefficient (Wildman–Crippen LogP) is 4.90. The highest BCUT2D eigenvalue weighted by molar-refractivity contribution is 5.95. The van der Waals surface area contributed by atoms with Crippen molar-refractivity contribution < 1.29 is 9.59 Å². The van der Waals surface area contributed by atoms with Crippen LogP contribution in [0.25, 0.3) is 5.65 Å². The zero-order chi connectivity index (χ0) is 26.4. The number of likely N-dealkylation sites (tertiary alicyclic amines) is 2. The molecule has 7 saturated carbocycles. The van der Waals surface area contributed by atoms with Gasteiger partial charge in [0.25, 0.3) is 11.8 Å². The molecule has 208 valence electrons. The smallest absolute Gasteiger partial charge is 0.274 e. The summed E-state index contributed by atoms with van der Waals surface area (Å²) in [6, 6.07) is 6.87. The number of piperidine rings is 2. The lowest BCUT2D eigenvalue weighted by atomic mass is 9.29. The molecule has 1 unspecified atom stereocenters. The molecule has 7 heteroatoms. The van der Waals surface area contributed by atoms with Crippen molar-refractivity contribution in [3.8, 4) is 0 Å². The largest absolute Gasteiger partial charge is 0.350 e. The number of rotatable bonds is 5. The number of hydrogen-bond donors (Lipinski definition) is 1. The number of nitrogens with zero attached hydrogens (tertiary/aromatic N) is 4. The van der Waals surface area contributed by atoms with Crippen LogP contribution in [0.5, 0.6) is 0 Å². The van der Waals surface area contributed by atoms with Crippen LogP contribution in [0.15, 0.2) is 24.4 Å². The van der Waals surface area contributed by atoms with Crippen LogP contribution in [-0.4, -0.2) is 69.3 Å². The molecule has 2 amide bonds. The molecular weight excluding hydrogens is 486 g/mol. The number of amides is 2. The number of aromatic nitrogens is 2. The van der Waals surface area contributed by atoms with E-state index in [9.17, 15) is 9.59 Å². The molecule has 2 aromatic rings. The first kappa shape index (κ1) is 24.4. The van der Waals surface area contributed by atoms with Crippen LogP contribution in [-0.2, 0) is 0 Å². The topological polar surface area (TPSA) is 70.0 Å². The molecule has 2 spiro atoms. The molecule has 39 heavy (non-hydrogen) atoms. The molecule has 9 aliphatic rings. The minimum atomic E-state index is -0.0483. The third-order valence-corrected chi connectivity index (χ3v) is 11.8. The lowest BCUT2D eigenvalue weighted by Crippen LogP contribution is -2.67. The van der Waals surface area contributed by atoms with Crippen molar-refractivity contribution in [2.45, 2.75) is 96.1 Å². The van der Waals surface area contributed by atoms with E-state index >= 15 is 0 Å². The Morgan fingerprint density at radius 3 is 2.46 bits per heavy atom. The fourth-order valence-electron chi connectivity index (χ4n) is 11.2. The summed E-state index contributed by atoms with van der Waals surface area (Å²) in [5.41, 5.74) is 3.18. The Balaban J connectivity index is 0.943. The molecule has 2 aliphatic heterocycles. The lowest BCUT2D eigenvalue weighted by molar-refractivity contribution is -0.254. The predicted molar refractivity (Wildman–Crippen MR) is 150 cm³/mol. The summed E-state index contributed by atoms with van der Waals surface area (Å²) >= 11 is 0. The van der Waals surface area contributed by atoms with E-state index in [0.717, 1.165) is 38.4 Å². The lowest BCUT2D eigenvalue weighted by Gasteiger charge is -2.76. The Morgan fingerprint density at radius 2 is 1.74 bits per heavy atom. The molecule has 0 aromatic carbocycles. The molecule has 2 aromatic heterocycles. The highest BCUT2D eigenvalue weighted by Gasteiger charge is 2.70. The fraction of sp³-hybridized carbons (Fsp3) is 0.719. The summed E-state index contributed by atoms with van der Waals surface area (Å²) in [4.78, 5) is 36.2. The maximum Gasteiger partial charge on any atom is 0.274 e. The Hall–Kier alpha value is -2.41. The van der Waals surface area contributed by atoms with Crippen molar-refractivity contribution in [2.24, 2.45) is 22.2 Å². The van der Waals surface area contributed by atoms with Gasteiger partial charge in [-0.05, 0) is 118 Å². The van der Waals surface area contributed by atoms with Gasteiger partial charge in [0.2, 0.25) is 0 Å². The summed E-state index contributed by atoms with van der Waals surface area (Å²) in [6.07, 6.45) is 17.4. The van der Waals surface area contributed by atoms with Gasteiger partial charge >= 0.3 is 0 Å². The number of imidazole rings is 1. The number of nitrogens with one attached hydrogen (secondary N) is 1. The molecule has 1 atom stereocenters. The van der Waals surface area contributed by atoms with E-state index in [2.05, 4.69) is 22.1 Å². The van der Waals surface area contributed by atoms with Crippen LogP contribution in [0.3, 0.4) is 0 Å².